The fourth-order valence-corrected chi connectivity index (χ4v) is 4.01. The molecule has 1 atom stereocenters. The highest BCUT2D eigenvalue weighted by molar-refractivity contribution is 7.09. The van der Waals surface area contributed by atoms with Gasteiger partial charge >= 0.3 is 0 Å². The van der Waals surface area contributed by atoms with Gasteiger partial charge in [0.1, 0.15) is 5.01 Å². The lowest BCUT2D eigenvalue weighted by Crippen LogP contribution is -2.52. The topological polar surface area (TPSA) is 24.9 Å². The van der Waals surface area contributed by atoms with Gasteiger partial charge in [-0.25, -0.2) is 4.98 Å². The molecule has 0 bridgehead atoms. The Bertz CT molecular complexity index is 343. The Kier molecular flexibility index (Phi) is 3.10. The van der Waals surface area contributed by atoms with Crippen LogP contribution in [0.4, 0.5) is 0 Å². The minimum absolute atomic E-state index is 0.0926. The summed E-state index contributed by atoms with van der Waals surface area (Å²) >= 11 is 1.79. The van der Waals surface area contributed by atoms with E-state index < -0.39 is 0 Å². The molecule has 0 saturated heterocycles. The molecule has 1 aliphatic carbocycles. The number of rotatable bonds is 3. The van der Waals surface area contributed by atoms with Crippen LogP contribution in [0.5, 0.6) is 0 Å². The van der Waals surface area contributed by atoms with Crippen LogP contribution in [-0.2, 0) is 5.54 Å². The van der Waals surface area contributed by atoms with Gasteiger partial charge in [-0.05, 0) is 32.1 Å². The maximum atomic E-state index is 4.58. The van der Waals surface area contributed by atoms with Crippen molar-refractivity contribution in [3.63, 3.8) is 0 Å². The Balaban J connectivity index is 2.41. The van der Waals surface area contributed by atoms with Crippen molar-refractivity contribution >= 4 is 11.3 Å². The van der Waals surface area contributed by atoms with Crippen molar-refractivity contribution in [2.75, 3.05) is 0 Å². The molecule has 16 heavy (non-hydrogen) atoms. The van der Waals surface area contributed by atoms with Crippen LogP contribution in [0, 0.1) is 5.41 Å². The van der Waals surface area contributed by atoms with Gasteiger partial charge in [0.15, 0.2) is 0 Å². The maximum Gasteiger partial charge on any atom is 0.113 e. The molecule has 3 heteroatoms. The average molecular weight is 238 g/mol. The first-order chi connectivity index (χ1) is 7.48. The van der Waals surface area contributed by atoms with Crippen LogP contribution in [-0.4, -0.2) is 11.0 Å². The molecule has 2 rings (SSSR count). The molecule has 2 nitrogen and oxygen atoms in total. The molecule has 0 radical (unpaired) electrons. The summed E-state index contributed by atoms with van der Waals surface area (Å²) in [6.45, 7) is 9.20. The third-order valence-corrected chi connectivity index (χ3v) is 4.78. The largest absolute Gasteiger partial charge is 0.303 e. The van der Waals surface area contributed by atoms with Crippen LogP contribution in [0.15, 0.2) is 11.6 Å². The molecule has 0 amide bonds. The molecule has 1 N–H and O–H groups in total. The zero-order valence-electron chi connectivity index (χ0n) is 10.7. The summed E-state index contributed by atoms with van der Waals surface area (Å²) < 4.78 is 0. The van der Waals surface area contributed by atoms with Crippen LogP contribution in [0.3, 0.4) is 0 Å². The lowest BCUT2D eigenvalue weighted by Gasteiger charge is -2.42. The molecule has 1 heterocycles. The quantitative estimate of drug-likeness (QED) is 0.871. The van der Waals surface area contributed by atoms with Gasteiger partial charge in [-0.2, -0.15) is 0 Å². The van der Waals surface area contributed by atoms with E-state index >= 15 is 0 Å². The van der Waals surface area contributed by atoms with Crippen molar-refractivity contribution in [1.82, 2.24) is 10.3 Å². The van der Waals surface area contributed by atoms with E-state index in [0.717, 1.165) is 0 Å². The number of thiazole rings is 1. The van der Waals surface area contributed by atoms with E-state index in [-0.39, 0.29) is 5.54 Å². The molecule has 1 aliphatic rings. The van der Waals surface area contributed by atoms with Crippen LogP contribution in [0.2, 0.25) is 0 Å². The molecular weight excluding hydrogens is 216 g/mol. The number of hydrogen-bond acceptors (Lipinski definition) is 3. The molecule has 1 aromatic heterocycles. The second-order valence-corrected chi connectivity index (χ2v) is 6.67. The van der Waals surface area contributed by atoms with Gasteiger partial charge in [-0.15, -0.1) is 11.3 Å². The van der Waals surface area contributed by atoms with E-state index in [1.54, 1.807) is 11.3 Å². The van der Waals surface area contributed by atoms with E-state index in [0.29, 0.717) is 11.5 Å². The highest BCUT2D eigenvalue weighted by Gasteiger charge is 2.51. The molecule has 0 aromatic carbocycles. The number of nitrogens with one attached hydrogen (secondary N) is 1. The van der Waals surface area contributed by atoms with Crippen molar-refractivity contribution in [3.05, 3.63) is 16.6 Å². The monoisotopic (exact) mass is 238 g/mol. The molecule has 0 spiro atoms. The van der Waals surface area contributed by atoms with Crippen molar-refractivity contribution in [2.45, 2.75) is 58.5 Å². The first-order valence-electron chi connectivity index (χ1n) is 6.16. The predicted octanol–water partition coefficient (Wildman–Crippen LogP) is 3.55. The van der Waals surface area contributed by atoms with E-state index in [1.165, 1.54) is 24.3 Å². The summed E-state index contributed by atoms with van der Waals surface area (Å²) in [5, 5.41) is 7.15. The van der Waals surface area contributed by atoms with E-state index in [1.807, 2.05) is 6.20 Å². The SMILES string of the molecule is CC(C)NC1(c2nccs2)CCCC1(C)C. The lowest BCUT2D eigenvalue weighted by molar-refractivity contribution is 0.143. The zero-order chi connectivity index (χ0) is 11.8. The van der Waals surface area contributed by atoms with Crippen LogP contribution < -0.4 is 5.32 Å². The first-order valence-corrected chi connectivity index (χ1v) is 7.04. The van der Waals surface area contributed by atoms with Gasteiger partial charge in [0.2, 0.25) is 0 Å². The summed E-state index contributed by atoms with van der Waals surface area (Å²) in [5.41, 5.74) is 0.393. The van der Waals surface area contributed by atoms with Crippen molar-refractivity contribution in [1.29, 1.82) is 0 Å². The summed E-state index contributed by atoms with van der Waals surface area (Å²) in [6, 6.07) is 0.501. The minimum atomic E-state index is 0.0926. The minimum Gasteiger partial charge on any atom is -0.303 e. The van der Waals surface area contributed by atoms with Gasteiger partial charge in [0.05, 0.1) is 5.54 Å². The molecule has 1 unspecified atom stereocenters. The fraction of sp³-hybridized carbons (Fsp3) is 0.769. The molecule has 1 aromatic rings. The molecule has 1 saturated carbocycles. The van der Waals surface area contributed by atoms with Crippen LogP contribution in [0.1, 0.15) is 52.0 Å². The second-order valence-electron chi connectivity index (χ2n) is 5.78. The number of aromatic nitrogens is 1. The third kappa shape index (κ3) is 1.80. The lowest BCUT2D eigenvalue weighted by atomic mass is 9.75. The summed E-state index contributed by atoms with van der Waals surface area (Å²) in [7, 11) is 0. The van der Waals surface area contributed by atoms with Crippen molar-refractivity contribution in [3.8, 4) is 0 Å². The standard InChI is InChI=1S/C13H22N2S/c1-10(2)15-13(11-14-8-9-16-11)7-5-6-12(13,3)4/h8-10,15H,5-7H2,1-4H3. The highest BCUT2D eigenvalue weighted by Crippen LogP contribution is 2.52. The Hall–Kier alpha value is -0.410. The Morgan fingerprint density at radius 3 is 2.56 bits per heavy atom. The normalized spacial score (nSPS) is 28.8. The zero-order valence-corrected chi connectivity index (χ0v) is 11.5. The van der Waals surface area contributed by atoms with E-state index in [2.05, 4.69) is 43.4 Å². The van der Waals surface area contributed by atoms with Gasteiger partial charge in [0.25, 0.3) is 0 Å². The Labute approximate surface area is 102 Å². The van der Waals surface area contributed by atoms with Gasteiger partial charge in [0, 0.05) is 17.6 Å². The summed E-state index contributed by atoms with van der Waals surface area (Å²) in [4.78, 5) is 4.58. The van der Waals surface area contributed by atoms with E-state index in [4.69, 9.17) is 0 Å². The summed E-state index contributed by atoms with van der Waals surface area (Å²) in [5.74, 6) is 0. The predicted molar refractivity (Wildman–Crippen MR) is 69.7 cm³/mol. The second kappa shape index (κ2) is 4.11. The van der Waals surface area contributed by atoms with Gasteiger partial charge in [-0.1, -0.05) is 20.3 Å². The maximum absolute atomic E-state index is 4.58. The molecule has 1 fully saturated rings. The Morgan fingerprint density at radius 2 is 2.12 bits per heavy atom. The smallest absolute Gasteiger partial charge is 0.113 e. The fourth-order valence-electron chi connectivity index (χ4n) is 3.00. The van der Waals surface area contributed by atoms with E-state index in [9.17, 15) is 0 Å². The van der Waals surface area contributed by atoms with Crippen LogP contribution >= 0.6 is 11.3 Å². The van der Waals surface area contributed by atoms with Gasteiger partial charge < -0.3 is 5.32 Å². The van der Waals surface area contributed by atoms with Crippen molar-refractivity contribution < 1.29 is 0 Å². The first kappa shape index (κ1) is 12.1. The van der Waals surface area contributed by atoms with Crippen molar-refractivity contribution in [2.24, 2.45) is 5.41 Å². The van der Waals surface area contributed by atoms with Gasteiger partial charge in [-0.3, -0.25) is 0 Å². The number of nitrogens with zero attached hydrogens (tertiary/aromatic N) is 1. The average Bonchev–Trinajstić information content (AvgIpc) is 2.74. The Morgan fingerprint density at radius 1 is 1.38 bits per heavy atom. The van der Waals surface area contributed by atoms with Crippen LogP contribution in [0.25, 0.3) is 0 Å². The molecular formula is C13H22N2S. The summed E-state index contributed by atoms with van der Waals surface area (Å²) in [6.07, 6.45) is 5.72. The molecule has 0 aliphatic heterocycles. The third-order valence-electron chi connectivity index (χ3n) is 3.84. The highest BCUT2D eigenvalue weighted by atomic mass is 32.1. The number of hydrogen-bond donors (Lipinski definition) is 1. The molecule has 90 valence electrons.